The molecule has 0 atom stereocenters. The lowest BCUT2D eigenvalue weighted by Gasteiger charge is -2.01. The van der Waals surface area contributed by atoms with Crippen molar-refractivity contribution in [3.63, 3.8) is 0 Å². The van der Waals surface area contributed by atoms with Crippen molar-refractivity contribution in [2.45, 2.75) is 6.92 Å². The average molecular weight is 301 g/mol. The number of hydrogen-bond acceptors (Lipinski definition) is 3. The summed E-state index contributed by atoms with van der Waals surface area (Å²) in [4.78, 5) is 19.5. The van der Waals surface area contributed by atoms with E-state index in [1.165, 1.54) is 7.11 Å². The molecule has 0 unspecified atom stereocenters. The molecular formula is C16H13ClN2O2. The average Bonchev–Trinajstić information content (AvgIpc) is 2.89. The Hall–Kier alpha value is -2.33. The molecule has 1 aromatic heterocycles. The number of methoxy groups -OCH3 is 1. The van der Waals surface area contributed by atoms with Crippen LogP contribution in [0, 0.1) is 6.92 Å². The van der Waals surface area contributed by atoms with Gasteiger partial charge in [0.2, 0.25) is 0 Å². The highest BCUT2D eigenvalue weighted by Crippen LogP contribution is 2.29. The number of aryl methyl sites for hydroxylation is 1. The van der Waals surface area contributed by atoms with E-state index in [0.717, 1.165) is 16.6 Å². The van der Waals surface area contributed by atoms with Gasteiger partial charge in [-0.05, 0) is 36.8 Å². The number of rotatable bonds is 2. The Balaban J connectivity index is 2.19. The van der Waals surface area contributed by atoms with E-state index >= 15 is 0 Å². The van der Waals surface area contributed by atoms with Gasteiger partial charge in [0.15, 0.2) is 0 Å². The molecule has 21 heavy (non-hydrogen) atoms. The van der Waals surface area contributed by atoms with Gasteiger partial charge in [-0.15, -0.1) is 0 Å². The van der Waals surface area contributed by atoms with Gasteiger partial charge in [-0.25, -0.2) is 9.78 Å². The van der Waals surface area contributed by atoms with Gasteiger partial charge < -0.3 is 9.72 Å². The number of carbonyl (C=O) groups is 1. The molecule has 0 saturated carbocycles. The summed E-state index contributed by atoms with van der Waals surface area (Å²) in [5.41, 5.74) is 3.66. The number of halogens is 1. The minimum absolute atomic E-state index is 0.409. The number of carbonyl (C=O) groups excluding carboxylic acids is 1. The topological polar surface area (TPSA) is 55.0 Å². The monoisotopic (exact) mass is 300 g/mol. The molecule has 0 spiro atoms. The molecule has 3 rings (SSSR count). The molecule has 1 N–H and O–H groups in total. The molecule has 4 nitrogen and oxygen atoms in total. The highest BCUT2D eigenvalue weighted by molar-refractivity contribution is 6.33. The molecule has 0 bridgehead atoms. The normalized spacial score (nSPS) is 10.8. The molecule has 5 heteroatoms. The largest absolute Gasteiger partial charge is 0.465 e. The van der Waals surface area contributed by atoms with Crippen molar-refractivity contribution in [2.75, 3.05) is 7.11 Å². The van der Waals surface area contributed by atoms with E-state index in [4.69, 9.17) is 16.3 Å². The van der Waals surface area contributed by atoms with Gasteiger partial charge in [-0.2, -0.15) is 0 Å². The van der Waals surface area contributed by atoms with E-state index in [-0.39, 0.29) is 0 Å². The van der Waals surface area contributed by atoms with Crippen LogP contribution in [0.4, 0.5) is 0 Å². The third-order valence-electron chi connectivity index (χ3n) is 3.30. The molecule has 0 radical (unpaired) electrons. The van der Waals surface area contributed by atoms with Crippen LogP contribution >= 0.6 is 11.6 Å². The summed E-state index contributed by atoms with van der Waals surface area (Å²) in [6.45, 7) is 1.98. The molecule has 0 amide bonds. The molecule has 0 saturated heterocycles. The maximum Gasteiger partial charge on any atom is 0.340 e. The lowest BCUT2D eigenvalue weighted by Crippen LogP contribution is -2.01. The van der Waals surface area contributed by atoms with Crippen LogP contribution < -0.4 is 0 Å². The van der Waals surface area contributed by atoms with Crippen molar-refractivity contribution in [2.24, 2.45) is 0 Å². The van der Waals surface area contributed by atoms with Crippen LogP contribution in [0.25, 0.3) is 22.4 Å². The molecule has 106 valence electrons. The Bertz CT molecular complexity index is 839. The predicted octanol–water partition coefficient (Wildman–Crippen LogP) is 3.98. The summed E-state index contributed by atoms with van der Waals surface area (Å²) in [5.74, 6) is 0.222. The first-order valence-electron chi connectivity index (χ1n) is 6.43. The number of aromatic amines is 1. The molecule has 2 aromatic carbocycles. The zero-order chi connectivity index (χ0) is 15.0. The SMILES string of the molecule is COC(=O)c1cccc2[nH]c(-c3ccc(C)cc3Cl)nc12. The number of benzene rings is 2. The fourth-order valence-corrected chi connectivity index (χ4v) is 2.57. The Morgan fingerprint density at radius 1 is 1.29 bits per heavy atom. The number of fused-ring (bicyclic) bond motifs is 1. The van der Waals surface area contributed by atoms with Crippen molar-refractivity contribution < 1.29 is 9.53 Å². The minimum atomic E-state index is -0.409. The van der Waals surface area contributed by atoms with Gasteiger partial charge in [-0.3, -0.25) is 0 Å². The maximum absolute atomic E-state index is 11.8. The molecule has 0 aliphatic rings. The van der Waals surface area contributed by atoms with Gasteiger partial charge >= 0.3 is 5.97 Å². The van der Waals surface area contributed by atoms with E-state index < -0.39 is 5.97 Å². The summed E-state index contributed by atoms with van der Waals surface area (Å²) in [7, 11) is 1.35. The molecule has 3 aromatic rings. The predicted molar refractivity (Wildman–Crippen MR) is 82.6 cm³/mol. The molecule has 0 aliphatic heterocycles. The summed E-state index contributed by atoms with van der Waals surface area (Å²) in [6, 6.07) is 11.1. The first-order valence-corrected chi connectivity index (χ1v) is 6.81. The lowest BCUT2D eigenvalue weighted by atomic mass is 10.1. The molecule has 0 aliphatic carbocycles. The van der Waals surface area contributed by atoms with Gasteiger partial charge in [0.25, 0.3) is 0 Å². The second kappa shape index (κ2) is 5.22. The van der Waals surface area contributed by atoms with Crippen LogP contribution in [0.1, 0.15) is 15.9 Å². The standard InChI is InChI=1S/C16H13ClN2O2/c1-9-6-7-10(12(17)8-9)15-18-13-5-3-4-11(14(13)19-15)16(20)21-2/h3-8H,1-2H3,(H,18,19). The minimum Gasteiger partial charge on any atom is -0.465 e. The van der Waals surface area contributed by atoms with Crippen LogP contribution in [-0.2, 0) is 4.74 Å². The van der Waals surface area contributed by atoms with E-state index in [2.05, 4.69) is 9.97 Å². The highest BCUT2D eigenvalue weighted by atomic mass is 35.5. The van der Waals surface area contributed by atoms with E-state index in [1.54, 1.807) is 12.1 Å². The Kier molecular flexibility index (Phi) is 3.39. The van der Waals surface area contributed by atoms with Crippen LogP contribution in [0.3, 0.4) is 0 Å². The second-order valence-corrected chi connectivity index (χ2v) is 5.17. The first kappa shape index (κ1) is 13.6. The smallest absolute Gasteiger partial charge is 0.340 e. The third-order valence-corrected chi connectivity index (χ3v) is 3.61. The van der Waals surface area contributed by atoms with E-state index in [0.29, 0.717) is 21.9 Å². The summed E-state index contributed by atoms with van der Waals surface area (Å²) >= 11 is 6.27. The van der Waals surface area contributed by atoms with Crippen LogP contribution in [0.15, 0.2) is 36.4 Å². The van der Waals surface area contributed by atoms with Gasteiger partial charge in [-0.1, -0.05) is 23.7 Å². The van der Waals surface area contributed by atoms with E-state index in [9.17, 15) is 4.79 Å². The van der Waals surface area contributed by atoms with Crippen molar-refractivity contribution in [3.8, 4) is 11.4 Å². The number of hydrogen-bond donors (Lipinski definition) is 1. The summed E-state index contributed by atoms with van der Waals surface area (Å²) in [5, 5.41) is 0.619. The Morgan fingerprint density at radius 3 is 2.81 bits per heavy atom. The van der Waals surface area contributed by atoms with Crippen LogP contribution in [-0.4, -0.2) is 23.0 Å². The van der Waals surface area contributed by atoms with Crippen LogP contribution in [0.2, 0.25) is 5.02 Å². The van der Waals surface area contributed by atoms with Gasteiger partial charge in [0.1, 0.15) is 11.3 Å². The Labute approximate surface area is 126 Å². The molecular weight excluding hydrogens is 288 g/mol. The third kappa shape index (κ3) is 2.38. The van der Waals surface area contributed by atoms with E-state index in [1.807, 2.05) is 31.2 Å². The number of aromatic nitrogens is 2. The first-order chi connectivity index (χ1) is 10.1. The fraction of sp³-hybridized carbons (Fsp3) is 0.125. The lowest BCUT2D eigenvalue weighted by molar-refractivity contribution is 0.0603. The summed E-state index contributed by atoms with van der Waals surface area (Å²) < 4.78 is 4.78. The Morgan fingerprint density at radius 2 is 2.10 bits per heavy atom. The van der Waals surface area contributed by atoms with Crippen molar-refractivity contribution in [1.29, 1.82) is 0 Å². The quantitative estimate of drug-likeness (QED) is 0.728. The zero-order valence-corrected chi connectivity index (χ0v) is 12.4. The number of nitrogens with one attached hydrogen (secondary N) is 1. The fourth-order valence-electron chi connectivity index (χ4n) is 2.25. The van der Waals surface area contributed by atoms with Gasteiger partial charge in [0, 0.05) is 5.56 Å². The number of imidazole rings is 1. The molecule has 0 fully saturated rings. The number of nitrogens with zero attached hydrogens (tertiary/aromatic N) is 1. The van der Waals surface area contributed by atoms with Crippen LogP contribution in [0.5, 0.6) is 0 Å². The van der Waals surface area contributed by atoms with Crippen molar-refractivity contribution in [1.82, 2.24) is 9.97 Å². The number of para-hydroxylation sites is 1. The number of H-pyrrole nitrogens is 1. The zero-order valence-electron chi connectivity index (χ0n) is 11.6. The van der Waals surface area contributed by atoms with Gasteiger partial charge in [0.05, 0.1) is 23.2 Å². The summed E-state index contributed by atoms with van der Waals surface area (Å²) in [6.07, 6.45) is 0. The van der Waals surface area contributed by atoms with Crippen molar-refractivity contribution in [3.05, 3.63) is 52.5 Å². The number of ether oxygens (including phenoxy) is 1. The number of esters is 1. The second-order valence-electron chi connectivity index (χ2n) is 4.76. The van der Waals surface area contributed by atoms with Crippen molar-refractivity contribution >= 4 is 28.6 Å². The maximum atomic E-state index is 11.8. The molecule has 1 heterocycles. The highest BCUT2D eigenvalue weighted by Gasteiger charge is 2.15.